The maximum absolute atomic E-state index is 5.30. The van der Waals surface area contributed by atoms with Gasteiger partial charge in [0, 0.05) is 51.4 Å². The van der Waals surface area contributed by atoms with E-state index in [1.54, 1.807) is 12.6 Å². The summed E-state index contributed by atoms with van der Waals surface area (Å²) < 4.78 is 5.30. The Morgan fingerprint density at radius 2 is 1.95 bits per heavy atom. The molecule has 2 saturated heterocycles. The van der Waals surface area contributed by atoms with Crippen molar-refractivity contribution in [3.63, 3.8) is 0 Å². The van der Waals surface area contributed by atoms with Crippen molar-refractivity contribution in [2.24, 2.45) is 11.8 Å². The van der Waals surface area contributed by atoms with Gasteiger partial charge in [-0.25, -0.2) is 15.0 Å². The van der Waals surface area contributed by atoms with Gasteiger partial charge in [-0.15, -0.1) is 0 Å². The Labute approximate surface area is 130 Å². The Hall–Kier alpha value is -1.95. The van der Waals surface area contributed by atoms with Crippen molar-refractivity contribution < 1.29 is 4.42 Å². The zero-order chi connectivity index (χ0) is 15.1. The van der Waals surface area contributed by atoms with Crippen LogP contribution in [0.1, 0.15) is 17.1 Å². The van der Waals surface area contributed by atoms with Crippen molar-refractivity contribution in [2.45, 2.75) is 20.4 Å². The first kappa shape index (κ1) is 13.7. The number of aromatic nitrogens is 3. The van der Waals surface area contributed by atoms with E-state index in [0.29, 0.717) is 0 Å². The van der Waals surface area contributed by atoms with E-state index >= 15 is 0 Å². The molecular weight excluding hydrogens is 278 g/mol. The maximum Gasteiger partial charge on any atom is 0.191 e. The van der Waals surface area contributed by atoms with Gasteiger partial charge in [0.05, 0.1) is 5.69 Å². The van der Waals surface area contributed by atoms with E-state index in [-0.39, 0.29) is 0 Å². The van der Waals surface area contributed by atoms with Crippen LogP contribution >= 0.6 is 0 Å². The van der Waals surface area contributed by atoms with Gasteiger partial charge < -0.3 is 9.32 Å². The number of hydrogen-bond donors (Lipinski definition) is 0. The van der Waals surface area contributed by atoms with E-state index in [0.717, 1.165) is 67.5 Å². The molecule has 2 aliphatic heterocycles. The number of likely N-dealkylation sites (tertiary alicyclic amines) is 1. The van der Waals surface area contributed by atoms with Crippen LogP contribution < -0.4 is 4.90 Å². The third-order valence-electron chi connectivity index (χ3n) is 4.78. The molecule has 6 heteroatoms. The van der Waals surface area contributed by atoms with Gasteiger partial charge in [-0.1, -0.05) is 0 Å². The second kappa shape index (κ2) is 5.35. The first-order valence-electron chi connectivity index (χ1n) is 7.84. The average Bonchev–Trinajstić information content (AvgIpc) is 3.14. The van der Waals surface area contributed by atoms with Crippen molar-refractivity contribution in [3.05, 3.63) is 35.9 Å². The summed E-state index contributed by atoms with van der Waals surface area (Å²) in [6.07, 6.45) is 5.32. The smallest absolute Gasteiger partial charge is 0.191 e. The Bertz CT molecular complexity index is 656. The lowest BCUT2D eigenvalue weighted by molar-refractivity contribution is 0.304. The highest BCUT2D eigenvalue weighted by molar-refractivity contribution is 5.46. The monoisotopic (exact) mass is 299 g/mol. The molecule has 116 valence electrons. The van der Waals surface area contributed by atoms with Crippen LogP contribution in [0.2, 0.25) is 0 Å². The minimum absolute atomic E-state index is 0.724. The molecule has 2 aromatic heterocycles. The summed E-state index contributed by atoms with van der Waals surface area (Å²) in [4.78, 5) is 17.9. The molecule has 6 nitrogen and oxygen atoms in total. The van der Waals surface area contributed by atoms with Crippen LogP contribution in [0.15, 0.2) is 23.2 Å². The van der Waals surface area contributed by atoms with E-state index in [9.17, 15) is 0 Å². The highest BCUT2D eigenvalue weighted by Crippen LogP contribution is 2.34. The standard InChI is InChI=1S/C16H21N5O/c1-11-3-17-10-18-16(11)21-6-13-4-20(5-14(13)7-21)8-15-9-22-12(2)19-15/h3,9-10,13-14H,4-8H2,1-2H3. The van der Waals surface area contributed by atoms with Gasteiger partial charge in [0.25, 0.3) is 0 Å². The van der Waals surface area contributed by atoms with Gasteiger partial charge in [0.15, 0.2) is 5.89 Å². The fourth-order valence-corrected chi connectivity index (χ4v) is 3.83. The van der Waals surface area contributed by atoms with Gasteiger partial charge >= 0.3 is 0 Å². The lowest BCUT2D eigenvalue weighted by Crippen LogP contribution is -2.29. The molecule has 0 aromatic carbocycles. The number of fused-ring (bicyclic) bond motifs is 1. The van der Waals surface area contributed by atoms with Crippen LogP contribution in [0.5, 0.6) is 0 Å². The fraction of sp³-hybridized carbons (Fsp3) is 0.562. The van der Waals surface area contributed by atoms with Crippen LogP contribution in [-0.2, 0) is 6.54 Å². The van der Waals surface area contributed by atoms with Crippen LogP contribution in [0.3, 0.4) is 0 Å². The van der Waals surface area contributed by atoms with Crippen LogP contribution in [-0.4, -0.2) is 46.0 Å². The molecule has 22 heavy (non-hydrogen) atoms. The molecule has 0 spiro atoms. The molecule has 2 aliphatic rings. The van der Waals surface area contributed by atoms with Gasteiger partial charge in [-0.3, -0.25) is 4.90 Å². The summed E-state index contributed by atoms with van der Waals surface area (Å²) >= 11 is 0. The topological polar surface area (TPSA) is 58.3 Å². The van der Waals surface area contributed by atoms with E-state index in [2.05, 4.69) is 31.7 Å². The van der Waals surface area contributed by atoms with Gasteiger partial charge in [-0.05, 0) is 18.8 Å². The molecule has 0 bridgehead atoms. The van der Waals surface area contributed by atoms with E-state index in [1.165, 1.54) is 0 Å². The van der Waals surface area contributed by atoms with Crippen LogP contribution in [0.25, 0.3) is 0 Å². The predicted octanol–water partition coefficient (Wildman–Crippen LogP) is 1.65. The zero-order valence-corrected chi connectivity index (χ0v) is 13.1. The molecule has 4 rings (SSSR count). The van der Waals surface area contributed by atoms with Crippen molar-refractivity contribution in [1.82, 2.24) is 19.9 Å². The molecule has 2 atom stereocenters. The van der Waals surface area contributed by atoms with E-state index in [1.807, 2.05) is 13.1 Å². The molecule has 0 amide bonds. The number of hydrogen-bond acceptors (Lipinski definition) is 6. The summed E-state index contributed by atoms with van der Waals surface area (Å²) in [6.45, 7) is 9.34. The highest BCUT2D eigenvalue weighted by Gasteiger charge is 2.40. The number of oxazole rings is 1. The molecule has 0 aliphatic carbocycles. The summed E-state index contributed by atoms with van der Waals surface area (Å²) in [6, 6.07) is 0. The molecule has 0 N–H and O–H groups in total. The van der Waals surface area contributed by atoms with E-state index in [4.69, 9.17) is 4.42 Å². The zero-order valence-electron chi connectivity index (χ0n) is 13.1. The van der Waals surface area contributed by atoms with Gasteiger partial charge in [-0.2, -0.15) is 0 Å². The second-order valence-corrected chi connectivity index (χ2v) is 6.51. The number of nitrogens with zero attached hydrogens (tertiary/aromatic N) is 5. The minimum Gasteiger partial charge on any atom is -0.449 e. The number of aryl methyl sites for hydroxylation is 2. The molecular formula is C16H21N5O. The van der Waals surface area contributed by atoms with E-state index < -0.39 is 0 Å². The first-order chi connectivity index (χ1) is 10.7. The van der Waals surface area contributed by atoms with Crippen molar-refractivity contribution in [1.29, 1.82) is 0 Å². The Kier molecular flexibility index (Phi) is 3.33. The third-order valence-corrected chi connectivity index (χ3v) is 4.78. The average molecular weight is 299 g/mol. The molecule has 2 fully saturated rings. The van der Waals surface area contributed by atoms with Gasteiger partial charge in [0.2, 0.25) is 0 Å². The highest BCUT2D eigenvalue weighted by atomic mass is 16.3. The Balaban J connectivity index is 1.39. The molecule has 2 aromatic rings. The molecule has 0 saturated carbocycles. The predicted molar refractivity (Wildman–Crippen MR) is 82.5 cm³/mol. The quantitative estimate of drug-likeness (QED) is 0.859. The third kappa shape index (κ3) is 2.47. The lowest BCUT2D eigenvalue weighted by Gasteiger charge is -2.22. The maximum atomic E-state index is 5.30. The molecule has 0 radical (unpaired) electrons. The van der Waals surface area contributed by atoms with Crippen LogP contribution in [0, 0.1) is 25.7 Å². The summed E-state index contributed by atoms with van der Waals surface area (Å²) in [7, 11) is 0. The first-order valence-corrected chi connectivity index (χ1v) is 7.84. The second-order valence-electron chi connectivity index (χ2n) is 6.51. The Morgan fingerprint density at radius 3 is 2.59 bits per heavy atom. The normalized spacial score (nSPS) is 24.9. The summed E-state index contributed by atoms with van der Waals surface area (Å²) in [5.74, 6) is 3.30. The van der Waals surface area contributed by atoms with Crippen molar-refractivity contribution >= 4 is 5.82 Å². The lowest BCUT2D eigenvalue weighted by atomic mass is 10.0. The molecule has 2 unspecified atom stereocenters. The van der Waals surface area contributed by atoms with Crippen LogP contribution in [0.4, 0.5) is 5.82 Å². The minimum atomic E-state index is 0.724. The summed E-state index contributed by atoms with van der Waals surface area (Å²) in [5, 5.41) is 0. The van der Waals surface area contributed by atoms with Crippen molar-refractivity contribution in [3.8, 4) is 0 Å². The van der Waals surface area contributed by atoms with Gasteiger partial charge in [0.1, 0.15) is 18.4 Å². The fourth-order valence-electron chi connectivity index (χ4n) is 3.83. The number of rotatable bonds is 3. The van der Waals surface area contributed by atoms with Crippen molar-refractivity contribution in [2.75, 3.05) is 31.1 Å². The SMILES string of the molecule is Cc1nc(CN2CC3CN(c4ncncc4C)CC3C2)co1. The Morgan fingerprint density at radius 1 is 1.18 bits per heavy atom. The summed E-state index contributed by atoms with van der Waals surface area (Å²) in [5.41, 5.74) is 2.21. The number of anilines is 1. The molecule has 4 heterocycles. The largest absolute Gasteiger partial charge is 0.449 e.